The molecule has 1 aromatic carbocycles. The molecule has 1 atom stereocenters. The van der Waals surface area contributed by atoms with Crippen molar-refractivity contribution < 1.29 is 4.79 Å². The van der Waals surface area contributed by atoms with Crippen LogP contribution in [0.25, 0.3) is 0 Å². The average molecular weight is 287 g/mol. The molecular weight excluding hydrogens is 270 g/mol. The van der Waals surface area contributed by atoms with E-state index in [0.717, 1.165) is 16.3 Å². The van der Waals surface area contributed by atoms with E-state index in [-0.39, 0.29) is 12.1 Å². The van der Waals surface area contributed by atoms with Crippen LogP contribution in [-0.2, 0) is 0 Å². The molecule has 0 fully saturated rings. The fourth-order valence-electron chi connectivity index (χ4n) is 1.77. The van der Waals surface area contributed by atoms with Crippen LogP contribution in [0, 0.1) is 0 Å². The molecule has 0 aliphatic rings. The molecule has 0 aliphatic carbocycles. The Labute approximate surface area is 123 Å². The highest BCUT2D eigenvalue weighted by molar-refractivity contribution is 7.98. The third kappa shape index (κ3) is 3.99. The minimum absolute atomic E-state index is 0.139. The highest BCUT2D eigenvalue weighted by Crippen LogP contribution is 2.19. The number of hydrogen-bond acceptors (Lipinski definition) is 3. The minimum Gasteiger partial charge on any atom is -0.330 e. The maximum absolute atomic E-state index is 11.9. The first-order chi connectivity index (χ1) is 9.69. The summed E-state index contributed by atoms with van der Waals surface area (Å²) >= 11 is 1.64. The molecule has 2 aromatic rings. The molecule has 2 N–H and O–H groups in total. The first kappa shape index (κ1) is 14.4. The molecule has 0 radical (unpaired) electrons. The molecule has 0 aliphatic heterocycles. The van der Waals surface area contributed by atoms with Crippen molar-refractivity contribution in [1.29, 1.82) is 0 Å². The van der Waals surface area contributed by atoms with E-state index < -0.39 is 0 Å². The molecule has 2 amide bonds. The summed E-state index contributed by atoms with van der Waals surface area (Å²) in [5.74, 6) is 0. The summed E-state index contributed by atoms with van der Waals surface area (Å²) in [6.07, 6.45) is 3.72. The van der Waals surface area contributed by atoms with Crippen molar-refractivity contribution in [2.24, 2.45) is 0 Å². The monoisotopic (exact) mass is 287 g/mol. The summed E-state index contributed by atoms with van der Waals surface area (Å²) in [6, 6.07) is 13.0. The lowest BCUT2D eigenvalue weighted by atomic mass is 10.2. The normalized spacial score (nSPS) is 11.7. The van der Waals surface area contributed by atoms with Crippen LogP contribution in [0.1, 0.15) is 18.7 Å². The van der Waals surface area contributed by atoms with Gasteiger partial charge >= 0.3 is 6.03 Å². The largest absolute Gasteiger partial charge is 0.330 e. The Morgan fingerprint density at radius 2 is 2.10 bits per heavy atom. The van der Waals surface area contributed by atoms with Gasteiger partial charge in [-0.25, -0.2) is 4.79 Å². The Morgan fingerprint density at radius 1 is 1.25 bits per heavy atom. The Hall–Kier alpha value is -2.01. The van der Waals surface area contributed by atoms with E-state index >= 15 is 0 Å². The number of nitrogens with one attached hydrogen (secondary N) is 2. The molecule has 0 spiro atoms. The van der Waals surface area contributed by atoms with E-state index in [1.54, 1.807) is 18.0 Å². The molecule has 104 valence electrons. The molecular formula is C15H17N3OS. The molecule has 20 heavy (non-hydrogen) atoms. The van der Waals surface area contributed by atoms with Crippen LogP contribution < -0.4 is 10.6 Å². The minimum atomic E-state index is -0.235. The Morgan fingerprint density at radius 3 is 2.80 bits per heavy atom. The molecule has 1 aromatic heterocycles. The lowest BCUT2D eigenvalue weighted by molar-refractivity contribution is 0.249. The van der Waals surface area contributed by atoms with Gasteiger partial charge < -0.3 is 10.6 Å². The van der Waals surface area contributed by atoms with Crippen molar-refractivity contribution in [2.45, 2.75) is 17.9 Å². The molecule has 4 nitrogen and oxygen atoms in total. The van der Waals surface area contributed by atoms with Gasteiger partial charge in [0.25, 0.3) is 0 Å². The number of carbonyl (C=O) groups excluding carboxylic acids is 1. The summed E-state index contributed by atoms with van der Waals surface area (Å²) in [7, 11) is 0. The molecule has 0 unspecified atom stereocenters. The summed E-state index contributed by atoms with van der Waals surface area (Å²) in [6.45, 7) is 1.90. The van der Waals surface area contributed by atoms with E-state index in [1.807, 2.05) is 55.6 Å². The number of rotatable bonds is 4. The smallest absolute Gasteiger partial charge is 0.319 e. The second-order valence-electron chi connectivity index (χ2n) is 4.31. The molecule has 0 saturated heterocycles. The van der Waals surface area contributed by atoms with E-state index in [2.05, 4.69) is 15.6 Å². The number of thioether (sulfide) groups is 1. The standard InChI is InChI=1S/C15H17N3OS/c1-11(14-8-3-4-9-16-14)17-15(19)18-12-6-5-7-13(10-12)20-2/h3-11H,1-2H3,(H2,17,18,19)/t11-/m1/s1. The van der Waals surface area contributed by atoms with Crippen LogP contribution in [-0.4, -0.2) is 17.3 Å². The predicted octanol–water partition coefficient (Wildman–Crippen LogP) is 3.69. The number of carbonyl (C=O) groups is 1. The second kappa shape index (κ2) is 6.96. The fraction of sp³-hybridized carbons (Fsp3) is 0.200. The predicted molar refractivity (Wildman–Crippen MR) is 83.0 cm³/mol. The fourth-order valence-corrected chi connectivity index (χ4v) is 2.23. The van der Waals surface area contributed by atoms with Gasteiger partial charge in [-0.15, -0.1) is 11.8 Å². The Kier molecular flexibility index (Phi) is 5.01. The number of aromatic nitrogens is 1. The van der Waals surface area contributed by atoms with Crippen molar-refractivity contribution >= 4 is 23.5 Å². The van der Waals surface area contributed by atoms with Gasteiger partial charge in [0.1, 0.15) is 0 Å². The number of hydrogen-bond donors (Lipinski definition) is 2. The average Bonchev–Trinajstić information content (AvgIpc) is 2.48. The van der Waals surface area contributed by atoms with Gasteiger partial charge in [-0.05, 0) is 43.5 Å². The van der Waals surface area contributed by atoms with Crippen LogP contribution in [0.2, 0.25) is 0 Å². The topological polar surface area (TPSA) is 54.0 Å². The SMILES string of the molecule is CSc1cccc(NC(=O)N[C@H](C)c2ccccn2)c1. The maximum atomic E-state index is 11.9. The number of pyridine rings is 1. The van der Waals surface area contributed by atoms with E-state index in [0.29, 0.717) is 0 Å². The summed E-state index contributed by atoms with van der Waals surface area (Å²) < 4.78 is 0. The zero-order chi connectivity index (χ0) is 14.4. The van der Waals surface area contributed by atoms with Gasteiger partial charge in [0.05, 0.1) is 11.7 Å². The third-order valence-corrected chi connectivity index (χ3v) is 3.53. The number of amides is 2. The van der Waals surface area contributed by atoms with Crippen LogP contribution in [0.5, 0.6) is 0 Å². The van der Waals surface area contributed by atoms with Crippen molar-refractivity contribution in [3.05, 3.63) is 54.4 Å². The van der Waals surface area contributed by atoms with Crippen molar-refractivity contribution in [3.63, 3.8) is 0 Å². The van der Waals surface area contributed by atoms with Gasteiger partial charge in [-0.1, -0.05) is 12.1 Å². The molecule has 1 heterocycles. The first-order valence-corrected chi connectivity index (χ1v) is 7.54. The zero-order valence-corrected chi connectivity index (χ0v) is 12.3. The van der Waals surface area contributed by atoms with Crippen LogP contribution in [0.15, 0.2) is 53.6 Å². The van der Waals surface area contributed by atoms with Gasteiger partial charge in [-0.2, -0.15) is 0 Å². The van der Waals surface area contributed by atoms with Gasteiger partial charge in [-0.3, -0.25) is 4.98 Å². The van der Waals surface area contributed by atoms with Crippen LogP contribution in [0.3, 0.4) is 0 Å². The lowest BCUT2D eigenvalue weighted by Gasteiger charge is -2.14. The Balaban J connectivity index is 1.95. The van der Waals surface area contributed by atoms with Crippen molar-refractivity contribution in [2.75, 3.05) is 11.6 Å². The first-order valence-electron chi connectivity index (χ1n) is 6.31. The zero-order valence-electron chi connectivity index (χ0n) is 11.5. The van der Waals surface area contributed by atoms with Crippen LogP contribution >= 0.6 is 11.8 Å². The van der Waals surface area contributed by atoms with E-state index in [4.69, 9.17) is 0 Å². The summed E-state index contributed by atoms with van der Waals surface area (Å²) in [5.41, 5.74) is 1.61. The highest BCUT2D eigenvalue weighted by atomic mass is 32.2. The van der Waals surface area contributed by atoms with Crippen molar-refractivity contribution in [3.8, 4) is 0 Å². The lowest BCUT2D eigenvalue weighted by Crippen LogP contribution is -2.31. The second-order valence-corrected chi connectivity index (χ2v) is 5.19. The van der Waals surface area contributed by atoms with Gasteiger partial charge in [0, 0.05) is 16.8 Å². The maximum Gasteiger partial charge on any atom is 0.319 e. The van der Waals surface area contributed by atoms with Crippen LogP contribution in [0.4, 0.5) is 10.5 Å². The quantitative estimate of drug-likeness (QED) is 0.843. The number of nitrogens with zero attached hydrogens (tertiary/aromatic N) is 1. The van der Waals surface area contributed by atoms with E-state index in [9.17, 15) is 4.79 Å². The summed E-state index contributed by atoms with van der Waals surface area (Å²) in [4.78, 5) is 17.3. The third-order valence-electron chi connectivity index (χ3n) is 2.81. The van der Waals surface area contributed by atoms with Crippen molar-refractivity contribution in [1.82, 2.24) is 10.3 Å². The molecule has 0 bridgehead atoms. The van der Waals surface area contributed by atoms with Gasteiger partial charge in [0.2, 0.25) is 0 Å². The molecule has 2 rings (SSSR count). The number of benzene rings is 1. The molecule has 5 heteroatoms. The van der Waals surface area contributed by atoms with E-state index in [1.165, 1.54) is 0 Å². The Bertz CT molecular complexity index is 574. The van der Waals surface area contributed by atoms with Gasteiger partial charge in [0.15, 0.2) is 0 Å². The molecule has 0 saturated carbocycles. The highest BCUT2D eigenvalue weighted by Gasteiger charge is 2.10. The summed E-state index contributed by atoms with van der Waals surface area (Å²) in [5, 5.41) is 5.69. The number of urea groups is 1. The number of anilines is 1.